The standard InChI is InChI=1S/C18H16N2O3/c21-13-16-9-10-17(20-12-16)8-4-5-11-19-18(22)23-14-15-6-2-1-3-7-15/h1-3,6-7,9-10,12-13H,5,11,14H2,(H,19,22). The highest BCUT2D eigenvalue weighted by atomic mass is 16.5. The van der Waals surface area contributed by atoms with Crippen molar-refractivity contribution in [2.45, 2.75) is 13.0 Å². The number of nitrogens with one attached hydrogen (secondary N) is 1. The molecule has 1 amide bonds. The van der Waals surface area contributed by atoms with E-state index in [9.17, 15) is 9.59 Å². The Labute approximate surface area is 134 Å². The molecule has 2 aromatic rings. The Morgan fingerprint density at radius 2 is 2.04 bits per heavy atom. The van der Waals surface area contributed by atoms with E-state index in [2.05, 4.69) is 22.1 Å². The number of benzene rings is 1. The molecule has 0 atom stereocenters. The highest BCUT2D eigenvalue weighted by Gasteiger charge is 2.00. The summed E-state index contributed by atoms with van der Waals surface area (Å²) in [7, 11) is 0. The van der Waals surface area contributed by atoms with Crippen LogP contribution >= 0.6 is 0 Å². The van der Waals surface area contributed by atoms with Crippen LogP contribution in [0.3, 0.4) is 0 Å². The molecular weight excluding hydrogens is 292 g/mol. The summed E-state index contributed by atoms with van der Waals surface area (Å²) in [6, 6.07) is 12.8. The van der Waals surface area contributed by atoms with Crippen LogP contribution in [0.4, 0.5) is 4.79 Å². The summed E-state index contributed by atoms with van der Waals surface area (Å²) in [5, 5.41) is 2.63. The molecule has 1 aromatic carbocycles. The van der Waals surface area contributed by atoms with Crippen molar-refractivity contribution in [2.24, 2.45) is 0 Å². The highest BCUT2D eigenvalue weighted by molar-refractivity contribution is 5.74. The lowest BCUT2D eigenvalue weighted by Gasteiger charge is -2.05. The van der Waals surface area contributed by atoms with E-state index in [1.165, 1.54) is 6.20 Å². The van der Waals surface area contributed by atoms with Gasteiger partial charge in [0.2, 0.25) is 0 Å². The number of aldehydes is 1. The first-order valence-electron chi connectivity index (χ1n) is 7.12. The lowest BCUT2D eigenvalue weighted by atomic mass is 10.2. The fourth-order valence-electron chi connectivity index (χ4n) is 1.70. The average molecular weight is 308 g/mol. The molecule has 1 N–H and O–H groups in total. The van der Waals surface area contributed by atoms with E-state index < -0.39 is 6.09 Å². The number of pyridine rings is 1. The SMILES string of the molecule is O=Cc1ccc(C#CCCNC(=O)OCc2ccccc2)nc1. The van der Waals surface area contributed by atoms with Crippen LogP contribution in [0.1, 0.15) is 28.0 Å². The van der Waals surface area contributed by atoms with Gasteiger partial charge in [0.05, 0.1) is 0 Å². The molecular formula is C18H16N2O3. The van der Waals surface area contributed by atoms with Gasteiger partial charge in [-0.05, 0) is 23.6 Å². The molecule has 0 aliphatic heterocycles. The molecule has 116 valence electrons. The number of alkyl carbamates (subject to hydrolysis) is 1. The summed E-state index contributed by atoms with van der Waals surface area (Å²) in [5.41, 5.74) is 2.04. The van der Waals surface area contributed by atoms with E-state index in [-0.39, 0.29) is 6.61 Å². The third-order valence-electron chi connectivity index (χ3n) is 2.87. The van der Waals surface area contributed by atoms with E-state index in [1.807, 2.05) is 30.3 Å². The van der Waals surface area contributed by atoms with Gasteiger partial charge in [-0.3, -0.25) is 4.79 Å². The third-order valence-corrected chi connectivity index (χ3v) is 2.87. The predicted octanol–water partition coefficient (Wildman–Crippen LogP) is 2.56. The van der Waals surface area contributed by atoms with Gasteiger partial charge in [0.25, 0.3) is 0 Å². The van der Waals surface area contributed by atoms with Crippen molar-refractivity contribution in [1.82, 2.24) is 10.3 Å². The lowest BCUT2D eigenvalue weighted by molar-refractivity contribution is 0.112. The second-order valence-corrected chi connectivity index (χ2v) is 4.63. The Hall–Kier alpha value is -3.13. The summed E-state index contributed by atoms with van der Waals surface area (Å²) >= 11 is 0. The van der Waals surface area contributed by atoms with Crippen molar-refractivity contribution in [3.8, 4) is 11.8 Å². The number of amides is 1. The fraction of sp³-hybridized carbons (Fsp3) is 0.167. The maximum atomic E-state index is 11.5. The molecule has 0 aliphatic carbocycles. The minimum absolute atomic E-state index is 0.241. The number of ether oxygens (including phenoxy) is 1. The maximum absolute atomic E-state index is 11.5. The summed E-state index contributed by atoms with van der Waals surface area (Å²) in [6.45, 7) is 0.637. The van der Waals surface area contributed by atoms with Gasteiger partial charge in [-0.1, -0.05) is 36.3 Å². The first-order valence-corrected chi connectivity index (χ1v) is 7.12. The summed E-state index contributed by atoms with van der Waals surface area (Å²) < 4.78 is 5.07. The molecule has 2 rings (SSSR count). The quantitative estimate of drug-likeness (QED) is 0.523. The summed E-state index contributed by atoms with van der Waals surface area (Å²) in [5.74, 6) is 5.76. The Balaban J connectivity index is 1.65. The van der Waals surface area contributed by atoms with Crippen LogP contribution in [-0.2, 0) is 11.3 Å². The molecule has 0 saturated heterocycles. The van der Waals surface area contributed by atoms with E-state index in [0.717, 1.165) is 11.8 Å². The van der Waals surface area contributed by atoms with Crippen molar-refractivity contribution in [2.75, 3.05) is 6.54 Å². The predicted molar refractivity (Wildman–Crippen MR) is 85.7 cm³/mol. The van der Waals surface area contributed by atoms with Gasteiger partial charge in [0.15, 0.2) is 6.29 Å². The van der Waals surface area contributed by atoms with Crippen molar-refractivity contribution in [1.29, 1.82) is 0 Å². The second-order valence-electron chi connectivity index (χ2n) is 4.63. The van der Waals surface area contributed by atoms with Crippen LogP contribution in [0.15, 0.2) is 48.7 Å². The van der Waals surface area contributed by atoms with Gasteiger partial charge in [0, 0.05) is 24.7 Å². The molecule has 0 unspecified atom stereocenters. The maximum Gasteiger partial charge on any atom is 0.407 e. The number of aromatic nitrogens is 1. The van der Waals surface area contributed by atoms with Gasteiger partial charge in [-0.2, -0.15) is 0 Å². The monoisotopic (exact) mass is 308 g/mol. The Kier molecular flexibility index (Phi) is 6.36. The molecule has 0 aliphatic rings. The van der Waals surface area contributed by atoms with Gasteiger partial charge >= 0.3 is 6.09 Å². The van der Waals surface area contributed by atoms with Crippen molar-refractivity contribution in [3.05, 3.63) is 65.5 Å². The zero-order valence-electron chi connectivity index (χ0n) is 12.5. The second kappa shape index (κ2) is 9.00. The largest absolute Gasteiger partial charge is 0.445 e. The van der Waals surface area contributed by atoms with Crippen LogP contribution in [0.25, 0.3) is 0 Å². The fourth-order valence-corrected chi connectivity index (χ4v) is 1.70. The number of rotatable bonds is 5. The van der Waals surface area contributed by atoms with Crippen LogP contribution < -0.4 is 5.32 Å². The minimum atomic E-state index is -0.468. The van der Waals surface area contributed by atoms with Crippen LogP contribution in [0.2, 0.25) is 0 Å². The Bertz CT molecular complexity index is 701. The van der Waals surface area contributed by atoms with E-state index in [4.69, 9.17) is 4.74 Å². The molecule has 5 heteroatoms. The zero-order chi connectivity index (χ0) is 16.3. The number of hydrogen-bond acceptors (Lipinski definition) is 4. The van der Waals surface area contributed by atoms with Gasteiger partial charge in [0.1, 0.15) is 12.3 Å². The summed E-state index contributed by atoms with van der Waals surface area (Å²) in [6.07, 6.45) is 2.22. The van der Waals surface area contributed by atoms with E-state index >= 15 is 0 Å². The smallest absolute Gasteiger partial charge is 0.407 e. The minimum Gasteiger partial charge on any atom is -0.445 e. The zero-order valence-corrected chi connectivity index (χ0v) is 12.5. The first-order chi connectivity index (χ1) is 11.3. The number of hydrogen-bond donors (Lipinski definition) is 1. The Morgan fingerprint density at radius 1 is 1.22 bits per heavy atom. The molecule has 0 fully saturated rings. The van der Waals surface area contributed by atoms with Gasteiger partial charge in [-0.25, -0.2) is 9.78 Å². The Morgan fingerprint density at radius 3 is 2.74 bits per heavy atom. The number of carbonyl (C=O) groups excluding carboxylic acids is 2. The highest BCUT2D eigenvalue weighted by Crippen LogP contribution is 2.00. The van der Waals surface area contributed by atoms with Crippen molar-refractivity contribution in [3.63, 3.8) is 0 Å². The van der Waals surface area contributed by atoms with E-state index in [0.29, 0.717) is 24.2 Å². The molecule has 23 heavy (non-hydrogen) atoms. The summed E-state index contributed by atoms with van der Waals surface area (Å²) in [4.78, 5) is 26.0. The van der Waals surface area contributed by atoms with Crippen LogP contribution in [-0.4, -0.2) is 23.9 Å². The van der Waals surface area contributed by atoms with Gasteiger partial charge in [-0.15, -0.1) is 0 Å². The molecule has 5 nitrogen and oxygen atoms in total. The molecule has 0 spiro atoms. The molecule has 0 bridgehead atoms. The molecule has 1 aromatic heterocycles. The van der Waals surface area contributed by atoms with Crippen LogP contribution in [0.5, 0.6) is 0 Å². The topological polar surface area (TPSA) is 68.3 Å². The number of nitrogens with zero attached hydrogens (tertiary/aromatic N) is 1. The van der Waals surface area contributed by atoms with E-state index in [1.54, 1.807) is 12.1 Å². The molecule has 0 radical (unpaired) electrons. The number of carbonyl (C=O) groups is 2. The molecule has 1 heterocycles. The normalized spacial score (nSPS) is 9.39. The van der Waals surface area contributed by atoms with Gasteiger partial charge < -0.3 is 10.1 Å². The first kappa shape index (κ1) is 16.2. The van der Waals surface area contributed by atoms with Crippen LogP contribution in [0, 0.1) is 11.8 Å². The van der Waals surface area contributed by atoms with Crippen molar-refractivity contribution >= 4 is 12.4 Å². The lowest BCUT2D eigenvalue weighted by Crippen LogP contribution is -2.24. The van der Waals surface area contributed by atoms with Crippen molar-refractivity contribution < 1.29 is 14.3 Å². The third kappa shape index (κ3) is 6.02. The molecule has 0 saturated carbocycles. The average Bonchev–Trinajstić information content (AvgIpc) is 2.61.